The first-order valence-electron chi connectivity index (χ1n) is 12.4. The van der Waals surface area contributed by atoms with Crippen LogP contribution in [0.5, 0.6) is 11.5 Å². The van der Waals surface area contributed by atoms with Gasteiger partial charge in [0.05, 0.1) is 20.8 Å². The number of carbonyl (C=O) groups is 1. The van der Waals surface area contributed by atoms with E-state index in [2.05, 4.69) is 20.4 Å². The zero-order chi connectivity index (χ0) is 26.0. The second kappa shape index (κ2) is 13.4. The number of benzene rings is 2. The van der Waals surface area contributed by atoms with Crippen LogP contribution in [0.3, 0.4) is 0 Å². The fraction of sp³-hybridized carbons (Fsp3) is 0.444. The molecule has 4 rings (SSSR count). The summed E-state index contributed by atoms with van der Waals surface area (Å²) in [6.45, 7) is 2.84. The zero-order valence-electron chi connectivity index (χ0n) is 21.2. The third-order valence-corrected chi connectivity index (χ3v) is 7.49. The quantitative estimate of drug-likeness (QED) is 0.343. The lowest BCUT2D eigenvalue weighted by molar-refractivity contribution is -0.126. The Morgan fingerprint density at radius 2 is 1.89 bits per heavy atom. The van der Waals surface area contributed by atoms with Crippen LogP contribution in [0.15, 0.2) is 47.0 Å². The Morgan fingerprint density at radius 1 is 1.14 bits per heavy atom. The molecule has 0 spiro atoms. The highest BCUT2D eigenvalue weighted by Gasteiger charge is 2.26. The van der Waals surface area contributed by atoms with Gasteiger partial charge in [-0.25, -0.2) is 4.39 Å². The van der Waals surface area contributed by atoms with Gasteiger partial charge in [0.1, 0.15) is 5.82 Å². The van der Waals surface area contributed by atoms with Crippen molar-refractivity contribution >= 4 is 17.7 Å². The van der Waals surface area contributed by atoms with E-state index in [-0.39, 0.29) is 17.6 Å². The van der Waals surface area contributed by atoms with Gasteiger partial charge < -0.3 is 19.3 Å². The summed E-state index contributed by atoms with van der Waals surface area (Å²) >= 11 is 1.79. The number of nitrogens with one attached hydrogen (secondary N) is 1. The third-order valence-electron chi connectivity index (χ3n) is 6.37. The van der Waals surface area contributed by atoms with Crippen LogP contribution in [0, 0.1) is 11.7 Å². The van der Waals surface area contributed by atoms with Crippen molar-refractivity contribution in [2.24, 2.45) is 5.92 Å². The van der Waals surface area contributed by atoms with E-state index in [1.807, 2.05) is 30.3 Å². The average molecular weight is 529 g/mol. The summed E-state index contributed by atoms with van der Waals surface area (Å²) in [5.41, 5.74) is 1.90. The first-order valence-corrected chi connectivity index (χ1v) is 13.6. The van der Waals surface area contributed by atoms with Crippen molar-refractivity contribution in [3.05, 3.63) is 59.7 Å². The minimum Gasteiger partial charge on any atom is -0.493 e. The molecule has 1 aliphatic rings. The van der Waals surface area contributed by atoms with Gasteiger partial charge in [-0.05, 0) is 74.0 Å². The van der Waals surface area contributed by atoms with Gasteiger partial charge in [0, 0.05) is 23.8 Å². The molecule has 0 unspecified atom stereocenters. The van der Waals surface area contributed by atoms with E-state index in [9.17, 15) is 9.18 Å². The van der Waals surface area contributed by atoms with Crippen molar-refractivity contribution in [1.82, 2.24) is 20.4 Å². The minimum atomic E-state index is -0.211. The van der Waals surface area contributed by atoms with Crippen LogP contribution < -0.4 is 14.8 Å². The molecular weight excluding hydrogens is 495 g/mol. The van der Waals surface area contributed by atoms with Crippen molar-refractivity contribution in [3.63, 3.8) is 0 Å². The van der Waals surface area contributed by atoms with Crippen LogP contribution in [-0.4, -0.2) is 60.6 Å². The number of ether oxygens (including phenoxy) is 2. The number of halogens is 1. The zero-order valence-corrected chi connectivity index (χ0v) is 22.1. The molecule has 0 atom stereocenters. The second-order valence-electron chi connectivity index (χ2n) is 8.96. The van der Waals surface area contributed by atoms with Gasteiger partial charge in [-0.1, -0.05) is 17.3 Å². The van der Waals surface area contributed by atoms with Crippen LogP contribution in [0.4, 0.5) is 4.39 Å². The number of hydrogen-bond donors (Lipinski definition) is 1. The van der Waals surface area contributed by atoms with Crippen molar-refractivity contribution in [2.45, 2.75) is 31.6 Å². The number of carbonyl (C=O) groups excluding carboxylic acids is 1. The topological polar surface area (TPSA) is 89.7 Å². The summed E-state index contributed by atoms with van der Waals surface area (Å²) in [6.07, 6.45) is 2.53. The maximum atomic E-state index is 13.0. The van der Waals surface area contributed by atoms with Crippen molar-refractivity contribution in [2.75, 3.05) is 39.6 Å². The first-order chi connectivity index (χ1) is 18.1. The summed E-state index contributed by atoms with van der Waals surface area (Å²) in [5.74, 6) is 4.06. The molecule has 1 fully saturated rings. The number of thioether (sulfide) groups is 1. The summed E-state index contributed by atoms with van der Waals surface area (Å²) in [4.78, 5) is 19.3. The predicted octanol–water partition coefficient (Wildman–Crippen LogP) is 4.54. The van der Waals surface area contributed by atoms with Gasteiger partial charge >= 0.3 is 0 Å². The molecule has 1 amide bonds. The molecule has 1 saturated heterocycles. The lowest BCUT2D eigenvalue weighted by atomic mass is 9.96. The van der Waals surface area contributed by atoms with Crippen molar-refractivity contribution in [3.8, 4) is 22.9 Å². The molecule has 0 bridgehead atoms. The molecule has 3 aromatic rings. The molecule has 1 N–H and O–H groups in total. The van der Waals surface area contributed by atoms with Crippen molar-refractivity contribution < 1.29 is 23.2 Å². The molecule has 10 heteroatoms. The molecule has 2 heterocycles. The van der Waals surface area contributed by atoms with Gasteiger partial charge in [0.15, 0.2) is 11.5 Å². The Morgan fingerprint density at radius 3 is 2.62 bits per heavy atom. The highest BCUT2D eigenvalue weighted by Crippen LogP contribution is 2.31. The SMILES string of the molecule is COc1ccc(-c2noc(CN3CCC(C(=O)NCCCSCc4ccc(F)cc4)CC3)n2)cc1OC. The van der Waals surface area contributed by atoms with E-state index < -0.39 is 0 Å². The minimum absolute atomic E-state index is 0.0353. The van der Waals surface area contributed by atoms with E-state index in [1.165, 1.54) is 12.1 Å². The lowest BCUT2D eigenvalue weighted by Crippen LogP contribution is -2.40. The normalized spacial score (nSPS) is 14.5. The Balaban J connectivity index is 1.14. The van der Waals surface area contributed by atoms with E-state index >= 15 is 0 Å². The summed E-state index contributed by atoms with van der Waals surface area (Å²) in [6, 6.07) is 12.1. The lowest BCUT2D eigenvalue weighted by Gasteiger charge is -2.30. The van der Waals surface area contributed by atoms with Crippen LogP contribution in [-0.2, 0) is 17.1 Å². The van der Waals surface area contributed by atoms with Crippen LogP contribution in [0.1, 0.15) is 30.7 Å². The number of rotatable bonds is 12. The number of amides is 1. The Hall–Kier alpha value is -3.11. The molecule has 8 nitrogen and oxygen atoms in total. The van der Waals surface area contributed by atoms with Crippen LogP contribution in [0.25, 0.3) is 11.4 Å². The van der Waals surface area contributed by atoms with Crippen molar-refractivity contribution in [1.29, 1.82) is 0 Å². The van der Waals surface area contributed by atoms with Gasteiger partial charge in [-0.2, -0.15) is 16.7 Å². The van der Waals surface area contributed by atoms with Crippen LogP contribution in [0.2, 0.25) is 0 Å². The number of nitrogens with zero attached hydrogens (tertiary/aromatic N) is 3. The molecule has 37 heavy (non-hydrogen) atoms. The highest BCUT2D eigenvalue weighted by atomic mass is 32.2. The average Bonchev–Trinajstić information content (AvgIpc) is 3.40. The van der Waals surface area contributed by atoms with E-state index in [0.717, 1.165) is 55.0 Å². The Labute approximate surface area is 220 Å². The molecule has 198 valence electrons. The third kappa shape index (κ3) is 7.69. The number of likely N-dealkylation sites (tertiary alicyclic amines) is 1. The Bertz CT molecular complexity index is 1150. The van der Waals surface area contributed by atoms with Gasteiger partial charge in [-0.3, -0.25) is 9.69 Å². The molecule has 0 radical (unpaired) electrons. The predicted molar refractivity (Wildman–Crippen MR) is 141 cm³/mol. The first kappa shape index (κ1) is 26.9. The number of hydrogen-bond acceptors (Lipinski definition) is 8. The molecule has 2 aromatic carbocycles. The second-order valence-corrected chi connectivity index (χ2v) is 10.1. The number of piperidine rings is 1. The largest absolute Gasteiger partial charge is 0.493 e. The fourth-order valence-electron chi connectivity index (χ4n) is 4.26. The smallest absolute Gasteiger partial charge is 0.241 e. The Kier molecular flexibility index (Phi) is 9.78. The van der Waals surface area contributed by atoms with E-state index in [1.54, 1.807) is 26.0 Å². The maximum absolute atomic E-state index is 13.0. The van der Waals surface area contributed by atoms with E-state index in [4.69, 9.17) is 14.0 Å². The summed E-state index contributed by atoms with van der Waals surface area (Å²) < 4.78 is 29.1. The standard InChI is InChI=1S/C27H33FN4O4S/c1-34-23-9-6-21(16-24(23)35-2)26-30-25(36-31-26)17-32-13-10-20(11-14-32)27(33)29-12-3-15-37-18-19-4-7-22(28)8-5-19/h4-9,16,20H,3,10-15,17-18H2,1-2H3,(H,29,33). The maximum Gasteiger partial charge on any atom is 0.241 e. The summed E-state index contributed by atoms with van der Waals surface area (Å²) in [7, 11) is 3.18. The van der Waals surface area contributed by atoms with Gasteiger partial charge in [0.25, 0.3) is 0 Å². The summed E-state index contributed by atoms with van der Waals surface area (Å²) in [5, 5.41) is 7.19. The molecule has 1 aromatic heterocycles. The fourth-order valence-corrected chi connectivity index (χ4v) is 5.18. The molecule has 0 aliphatic carbocycles. The molecular formula is C27H33FN4O4S. The van der Waals surface area contributed by atoms with Gasteiger partial charge in [-0.15, -0.1) is 0 Å². The number of methoxy groups -OCH3 is 2. The highest BCUT2D eigenvalue weighted by molar-refractivity contribution is 7.98. The van der Waals surface area contributed by atoms with E-state index in [0.29, 0.717) is 36.3 Å². The monoisotopic (exact) mass is 528 g/mol. The molecule has 0 saturated carbocycles. The number of aromatic nitrogens is 2. The van der Waals surface area contributed by atoms with Gasteiger partial charge in [0.2, 0.25) is 17.6 Å². The van der Waals surface area contributed by atoms with Crippen LogP contribution >= 0.6 is 11.8 Å². The molecule has 1 aliphatic heterocycles.